The molecule has 0 bridgehead atoms. The molecule has 0 radical (unpaired) electrons. The maximum atomic E-state index is 14.1. The molecule has 0 fully saturated rings. The topological polar surface area (TPSA) is 61.7 Å². The van der Waals surface area contributed by atoms with Gasteiger partial charge in [0.15, 0.2) is 0 Å². The summed E-state index contributed by atoms with van der Waals surface area (Å²) in [4.78, 5) is 11.2. The summed E-state index contributed by atoms with van der Waals surface area (Å²) in [6.45, 7) is 5.06. The van der Waals surface area contributed by atoms with Gasteiger partial charge >= 0.3 is 0 Å². The fourth-order valence-electron chi connectivity index (χ4n) is 2.12. The van der Waals surface area contributed by atoms with Crippen LogP contribution < -0.4 is 5.43 Å². The van der Waals surface area contributed by atoms with Crippen LogP contribution in [-0.4, -0.2) is 16.7 Å². The summed E-state index contributed by atoms with van der Waals surface area (Å²) in [7, 11) is 0. The molecule has 0 saturated heterocycles. The zero-order valence-electron chi connectivity index (χ0n) is 10.5. The first-order valence-electron chi connectivity index (χ1n) is 5.77. The van der Waals surface area contributed by atoms with E-state index in [9.17, 15) is 14.3 Å². The molecule has 2 rings (SSSR count). The van der Waals surface area contributed by atoms with Gasteiger partial charge in [0.05, 0.1) is 5.71 Å². The number of benzene rings is 1. The minimum absolute atomic E-state index is 0.0376. The van der Waals surface area contributed by atoms with Gasteiger partial charge in [-0.1, -0.05) is 6.92 Å². The number of carbonyl (C=O) groups excluding carboxylic acids is 1. The number of rotatable bonds is 1. The fraction of sp³-hybridized carbons (Fsp3) is 0.385. The van der Waals surface area contributed by atoms with Crippen molar-refractivity contribution in [3.8, 4) is 5.75 Å². The summed E-state index contributed by atoms with van der Waals surface area (Å²) in [5.41, 5.74) is 4.02. The lowest BCUT2D eigenvalue weighted by molar-refractivity contribution is -0.121. The first-order chi connectivity index (χ1) is 8.41. The fourth-order valence-corrected chi connectivity index (χ4v) is 2.12. The van der Waals surface area contributed by atoms with E-state index in [0.717, 1.165) is 0 Å². The first kappa shape index (κ1) is 12.5. The van der Waals surface area contributed by atoms with Gasteiger partial charge < -0.3 is 5.11 Å². The van der Waals surface area contributed by atoms with Crippen LogP contribution in [0.15, 0.2) is 11.2 Å². The van der Waals surface area contributed by atoms with E-state index in [4.69, 9.17) is 0 Å². The first-order valence-corrected chi connectivity index (χ1v) is 5.77. The lowest BCUT2D eigenvalue weighted by atomic mass is 9.91. The van der Waals surface area contributed by atoms with Gasteiger partial charge in [0.1, 0.15) is 11.6 Å². The number of halogens is 1. The van der Waals surface area contributed by atoms with E-state index in [0.29, 0.717) is 16.8 Å². The molecule has 1 aromatic carbocycles. The number of nitrogens with one attached hydrogen (secondary N) is 1. The number of hydrogen-bond acceptors (Lipinski definition) is 3. The Morgan fingerprint density at radius 2 is 2.17 bits per heavy atom. The van der Waals surface area contributed by atoms with Crippen molar-refractivity contribution in [3.05, 3.63) is 28.6 Å². The van der Waals surface area contributed by atoms with E-state index >= 15 is 0 Å². The number of aromatic hydroxyl groups is 1. The van der Waals surface area contributed by atoms with Gasteiger partial charge in [-0.3, -0.25) is 4.79 Å². The lowest BCUT2D eigenvalue weighted by Crippen LogP contribution is -2.32. The van der Waals surface area contributed by atoms with Crippen LogP contribution in [0.2, 0.25) is 0 Å². The molecule has 96 valence electrons. The molecule has 0 saturated carbocycles. The molecule has 1 aliphatic rings. The highest BCUT2D eigenvalue weighted by molar-refractivity contribution is 6.06. The summed E-state index contributed by atoms with van der Waals surface area (Å²) in [6, 6.07) is 1.56. The highest BCUT2D eigenvalue weighted by Gasteiger charge is 2.25. The number of nitrogens with zero attached hydrogens (tertiary/aromatic N) is 1. The molecule has 18 heavy (non-hydrogen) atoms. The van der Waals surface area contributed by atoms with E-state index in [-0.39, 0.29) is 29.6 Å². The molecule has 1 aromatic rings. The smallest absolute Gasteiger partial charge is 0.240 e. The molecule has 1 amide bonds. The Labute approximate surface area is 105 Å². The monoisotopic (exact) mass is 250 g/mol. The molecule has 1 heterocycles. The van der Waals surface area contributed by atoms with Crippen LogP contribution in [0.3, 0.4) is 0 Å². The summed E-state index contributed by atoms with van der Waals surface area (Å²) >= 11 is 0. The third-order valence-electron chi connectivity index (χ3n) is 3.19. The molecule has 0 aromatic heterocycles. The Kier molecular flexibility index (Phi) is 3.07. The molecule has 1 atom stereocenters. The van der Waals surface area contributed by atoms with Crippen LogP contribution in [0, 0.1) is 25.6 Å². The predicted octanol–water partition coefficient (Wildman–Crippen LogP) is 2.01. The Morgan fingerprint density at radius 3 is 2.78 bits per heavy atom. The second kappa shape index (κ2) is 4.40. The van der Waals surface area contributed by atoms with Crippen LogP contribution in [0.5, 0.6) is 5.75 Å². The summed E-state index contributed by atoms with van der Waals surface area (Å²) in [5.74, 6) is -0.834. The van der Waals surface area contributed by atoms with Crippen molar-refractivity contribution in [2.45, 2.75) is 27.2 Å². The number of phenols is 1. The van der Waals surface area contributed by atoms with Gasteiger partial charge in [-0.05, 0) is 25.5 Å². The van der Waals surface area contributed by atoms with E-state index in [1.54, 1.807) is 13.0 Å². The molecule has 4 nitrogen and oxygen atoms in total. The van der Waals surface area contributed by atoms with Crippen LogP contribution in [0.25, 0.3) is 0 Å². The quantitative estimate of drug-likeness (QED) is 0.800. The number of phenolic OH excluding ortho intramolecular Hbond substituents is 1. The van der Waals surface area contributed by atoms with Crippen LogP contribution >= 0.6 is 0 Å². The van der Waals surface area contributed by atoms with Crippen molar-refractivity contribution in [2.24, 2.45) is 11.0 Å². The standard InChI is InChI=1S/C13H15FN2O2/c1-6-5-10(17)15-16-12(6)9-4-7(2)13(18)8(3)11(9)14/h4,6,18H,5H2,1-3H3,(H,15,17). The Bertz CT molecular complexity index is 552. The molecular formula is C13H15FN2O2. The predicted molar refractivity (Wildman–Crippen MR) is 66.0 cm³/mol. The maximum absolute atomic E-state index is 14.1. The third kappa shape index (κ3) is 1.96. The number of hydrogen-bond donors (Lipinski definition) is 2. The van der Waals surface area contributed by atoms with Crippen molar-refractivity contribution < 1.29 is 14.3 Å². The SMILES string of the molecule is Cc1cc(C2=NNC(=O)CC2C)c(F)c(C)c1O. The van der Waals surface area contributed by atoms with Gasteiger partial charge in [0, 0.05) is 23.5 Å². The largest absolute Gasteiger partial charge is 0.507 e. The van der Waals surface area contributed by atoms with Crippen molar-refractivity contribution >= 4 is 11.6 Å². The zero-order valence-corrected chi connectivity index (χ0v) is 10.5. The highest BCUT2D eigenvalue weighted by Crippen LogP contribution is 2.29. The van der Waals surface area contributed by atoms with E-state index in [1.807, 2.05) is 6.92 Å². The molecule has 2 N–H and O–H groups in total. The Hall–Kier alpha value is -1.91. The van der Waals surface area contributed by atoms with Crippen LogP contribution in [-0.2, 0) is 4.79 Å². The molecule has 1 aliphatic heterocycles. The minimum Gasteiger partial charge on any atom is -0.507 e. The second-order valence-corrected chi connectivity index (χ2v) is 4.67. The molecule has 0 aliphatic carbocycles. The van der Waals surface area contributed by atoms with Gasteiger partial charge in [0.2, 0.25) is 5.91 Å². The molecular weight excluding hydrogens is 235 g/mol. The summed E-state index contributed by atoms with van der Waals surface area (Å²) in [6.07, 6.45) is 0.289. The highest BCUT2D eigenvalue weighted by atomic mass is 19.1. The number of hydrazone groups is 1. The number of amides is 1. The average Bonchev–Trinajstić information content (AvgIpc) is 2.32. The van der Waals surface area contributed by atoms with Crippen molar-refractivity contribution in [1.82, 2.24) is 5.43 Å². The average molecular weight is 250 g/mol. The summed E-state index contributed by atoms with van der Waals surface area (Å²) < 4.78 is 14.1. The maximum Gasteiger partial charge on any atom is 0.240 e. The van der Waals surface area contributed by atoms with Gasteiger partial charge in [-0.15, -0.1) is 0 Å². The van der Waals surface area contributed by atoms with Gasteiger partial charge in [0.25, 0.3) is 0 Å². The van der Waals surface area contributed by atoms with E-state index in [2.05, 4.69) is 10.5 Å². The number of aryl methyl sites for hydroxylation is 1. The van der Waals surface area contributed by atoms with Gasteiger partial charge in [-0.2, -0.15) is 5.10 Å². The van der Waals surface area contributed by atoms with Gasteiger partial charge in [-0.25, -0.2) is 9.82 Å². The van der Waals surface area contributed by atoms with E-state index in [1.165, 1.54) is 6.92 Å². The van der Waals surface area contributed by atoms with E-state index < -0.39 is 5.82 Å². The molecule has 0 spiro atoms. The summed E-state index contributed by atoms with van der Waals surface area (Å²) in [5, 5.41) is 13.6. The van der Waals surface area contributed by atoms with Crippen molar-refractivity contribution in [1.29, 1.82) is 0 Å². The Balaban J connectivity index is 2.55. The zero-order chi connectivity index (χ0) is 13.4. The van der Waals surface area contributed by atoms with Crippen molar-refractivity contribution in [2.75, 3.05) is 0 Å². The lowest BCUT2D eigenvalue weighted by Gasteiger charge is -2.20. The minimum atomic E-state index is -0.486. The molecule has 1 unspecified atom stereocenters. The van der Waals surface area contributed by atoms with Crippen LogP contribution in [0.4, 0.5) is 4.39 Å². The third-order valence-corrected chi connectivity index (χ3v) is 3.19. The van der Waals surface area contributed by atoms with Crippen molar-refractivity contribution in [3.63, 3.8) is 0 Å². The Morgan fingerprint density at radius 1 is 1.50 bits per heavy atom. The second-order valence-electron chi connectivity index (χ2n) is 4.67. The van der Waals surface area contributed by atoms with Crippen LogP contribution in [0.1, 0.15) is 30.0 Å². The molecule has 5 heteroatoms. The normalized spacial score (nSPS) is 19.4. The number of carbonyl (C=O) groups is 1.